The summed E-state index contributed by atoms with van der Waals surface area (Å²) in [6.07, 6.45) is 0. The molecule has 16 heavy (non-hydrogen) atoms. The molecule has 0 spiro atoms. The van der Waals surface area contributed by atoms with Crippen molar-refractivity contribution >= 4 is 5.91 Å². The third-order valence-electron chi connectivity index (χ3n) is 2.92. The van der Waals surface area contributed by atoms with Crippen molar-refractivity contribution in [3.63, 3.8) is 0 Å². The average molecular weight is 222 g/mol. The Labute approximate surface area is 94.0 Å². The summed E-state index contributed by atoms with van der Waals surface area (Å²) in [7, 11) is 0. The summed E-state index contributed by atoms with van der Waals surface area (Å²) in [5.74, 6) is -0.178. The molecule has 1 aliphatic heterocycles. The van der Waals surface area contributed by atoms with Gasteiger partial charge in [-0.05, 0) is 30.7 Å². The van der Waals surface area contributed by atoms with Crippen LogP contribution < -0.4 is 10.6 Å². The van der Waals surface area contributed by atoms with Gasteiger partial charge in [-0.25, -0.2) is 4.39 Å². The molecule has 2 unspecified atom stereocenters. The predicted molar refractivity (Wildman–Crippen MR) is 59.7 cm³/mol. The summed E-state index contributed by atoms with van der Waals surface area (Å²) in [6, 6.07) is 5.88. The van der Waals surface area contributed by atoms with Gasteiger partial charge in [0.25, 0.3) is 5.91 Å². The summed E-state index contributed by atoms with van der Waals surface area (Å²) < 4.78 is 12.9. The molecule has 1 heterocycles. The molecule has 0 radical (unpaired) electrons. The second-order valence-corrected chi connectivity index (χ2v) is 4.23. The number of carbonyl (C=O) groups excluding carboxylic acids is 1. The molecule has 0 aliphatic carbocycles. The van der Waals surface area contributed by atoms with E-state index in [1.807, 2.05) is 0 Å². The highest BCUT2D eigenvalue weighted by Crippen LogP contribution is 2.09. The number of amides is 1. The molecule has 1 aromatic rings. The molecule has 3 nitrogen and oxygen atoms in total. The van der Waals surface area contributed by atoms with E-state index in [1.165, 1.54) is 12.1 Å². The first-order valence-corrected chi connectivity index (χ1v) is 5.44. The topological polar surface area (TPSA) is 41.1 Å². The number of hydrogen-bond donors (Lipinski definition) is 2. The van der Waals surface area contributed by atoms with Crippen molar-refractivity contribution < 1.29 is 9.18 Å². The highest BCUT2D eigenvalue weighted by Gasteiger charge is 2.24. The van der Waals surface area contributed by atoms with Crippen molar-refractivity contribution in [1.29, 1.82) is 0 Å². The first kappa shape index (κ1) is 11.1. The maximum Gasteiger partial charge on any atom is 0.251 e. The number of rotatable bonds is 2. The standard InChI is InChI=1S/C12H15FN2O/c1-8-6-14-7-11(8)15-12(16)9-3-2-4-10(13)5-9/h2-5,8,11,14H,6-7H2,1H3,(H,15,16). The van der Waals surface area contributed by atoms with Crippen LogP contribution in [0, 0.1) is 11.7 Å². The number of benzene rings is 1. The minimum absolute atomic E-state index is 0.135. The molecular weight excluding hydrogens is 207 g/mol. The van der Waals surface area contributed by atoms with E-state index in [0.29, 0.717) is 11.5 Å². The number of nitrogens with one attached hydrogen (secondary N) is 2. The van der Waals surface area contributed by atoms with E-state index in [-0.39, 0.29) is 17.8 Å². The van der Waals surface area contributed by atoms with Crippen molar-refractivity contribution in [3.8, 4) is 0 Å². The quantitative estimate of drug-likeness (QED) is 0.788. The second-order valence-electron chi connectivity index (χ2n) is 4.23. The van der Waals surface area contributed by atoms with Crippen LogP contribution in [0.25, 0.3) is 0 Å². The first-order chi connectivity index (χ1) is 7.66. The van der Waals surface area contributed by atoms with E-state index in [4.69, 9.17) is 0 Å². The molecule has 1 amide bonds. The highest BCUT2D eigenvalue weighted by molar-refractivity contribution is 5.94. The van der Waals surface area contributed by atoms with Crippen LogP contribution in [-0.2, 0) is 0 Å². The molecule has 0 saturated carbocycles. The van der Waals surface area contributed by atoms with Crippen LogP contribution in [0.4, 0.5) is 4.39 Å². The van der Waals surface area contributed by atoms with Crippen LogP contribution in [0.1, 0.15) is 17.3 Å². The molecule has 86 valence electrons. The Morgan fingerprint density at radius 2 is 2.31 bits per heavy atom. The summed E-state index contributed by atoms with van der Waals surface area (Å²) in [5, 5.41) is 6.11. The Morgan fingerprint density at radius 1 is 1.50 bits per heavy atom. The highest BCUT2D eigenvalue weighted by atomic mass is 19.1. The maximum absolute atomic E-state index is 12.9. The van der Waals surface area contributed by atoms with Gasteiger partial charge in [0.1, 0.15) is 5.82 Å². The Balaban J connectivity index is 2.03. The lowest BCUT2D eigenvalue weighted by molar-refractivity contribution is 0.0932. The van der Waals surface area contributed by atoms with Gasteiger partial charge in [-0.1, -0.05) is 13.0 Å². The Hall–Kier alpha value is -1.42. The van der Waals surface area contributed by atoms with Gasteiger partial charge in [0.15, 0.2) is 0 Å². The largest absolute Gasteiger partial charge is 0.348 e. The van der Waals surface area contributed by atoms with Crippen LogP contribution in [0.15, 0.2) is 24.3 Å². The van der Waals surface area contributed by atoms with Gasteiger partial charge in [-0.3, -0.25) is 4.79 Å². The number of hydrogen-bond acceptors (Lipinski definition) is 2. The smallest absolute Gasteiger partial charge is 0.251 e. The zero-order valence-corrected chi connectivity index (χ0v) is 9.16. The molecule has 2 N–H and O–H groups in total. The zero-order valence-electron chi connectivity index (χ0n) is 9.16. The minimum atomic E-state index is -0.384. The summed E-state index contributed by atoms with van der Waals surface area (Å²) in [5.41, 5.74) is 0.374. The van der Waals surface area contributed by atoms with Gasteiger partial charge < -0.3 is 10.6 Å². The summed E-state index contributed by atoms with van der Waals surface area (Å²) in [4.78, 5) is 11.8. The van der Waals surface area contributed by atoms with Gasteiger partial charge in [-0.2, -0.15) is 0 Å². The first-order valence-electron chi connectivity index (χ1n) is 5.44. The third-order valence-corrected chi connectivity index (χ3v) is 2.92. The molecule has 2 atom stereocenters. The lowest BCUT2D eigenvalue weighted by Gasteiger charge is -2.16. The van der Waals surface area contributed by atoms with Gasteiger partial charge in [0.2, 0.25) is 0 Å². The van der Waals surface area contributed by atoms with E-state index in [1.54, 1.807) is 12.1 Å². The second kappa shape index (κ2) is 4.61. The van der Waals surface area contributed by atoms with E-state index in [0.717, 1.165) is 13.1 Å². The van der Waals surface area contributed by atoms with Crippen LogP contribution in [0.3, 0.4) is 0 Å². The van der Waals surface area contributed by atoms with E-state index in [9.17, 15) is 9.18 Å². The Bertz CT molecular complexity index is 394. The predicted octanol–water partition coefficient (Wildman–Crippen LogP) is 1.16. The van der Waals surface area contributed by atoms with E-state index in [2.05, 4.69) is 17.6 Å². The molecule has 0 aromatic heterocycles. The summed E-state index contributed by atoms with van der Waals surface area (Å²) in [6.45, 7) is 3.77. The van der Waals surface area contributed by atoms with Crippen molar-refractivity contribution in [2.75, 3.05) is 13.1 Å². The van der Waals surface area contributed by atoms with Gasteiger partial charge in [-0.15, -0.1) is 0 Å². The number of carbonyl (C=O) groups is 1. The van der Waals surface area contributed by atoms with Crippen molar-refractivity contribution in [3.05, 3.63) is 35.6 Å². The minimum Gasteiger partial charge on any atom is -0.348 e. The fourth-order valence-corrected chi connectivity index (χ4v) is 1.88. The molecule has 4 heteroatoms. The molecule has 0 bridgehead atoms. The van der Waals surface area contributed by atoms with Crippen molar-refractivity contribution in [2.24, 2.45) is 5.92 Å². The molecular formula is C12H15FN2O. The third kappa shape index (κ3) is 2.39. The molecule has 1 aliphatic rings. The Kier molecular flexibility index (Phi) is 3.19. The van der Waals surface area contributed by atoms with Crippen molar-refractivity contribution in [1.82, 2.24) is 10.6 Å². The molecule has 1 aromatic carbocycles. The maximum atomic E-state index is 12.9. The summed E-state index contributed by atoms with van der Waals surface area (Å²) >= 11 is 0. The number of halogens is 1. The fraction of sp³-hybridized carbons (Fsp3) is 0.417. The molecule has 1 saturated heterocycles. The normalized spacial score (nSPS) is 24.4. The van der Waals surface area contributed by atoms with Gasteiger partial charge in [0, 0.05) is 18.2 Å². The molecule has 2 rings (SSSR count). The van der Waals surface area contributed by atoms with Crippen LogP contribution in [0.5, 0.6) is 0 Å². The SMILES string of the molecule is CC1CNCC1NC(=O)c1cccc(F)c1. The Morgan fingerprint density at radius 3 is 2.94 bits per heavy atom. The van der Waals surface area contributed by atoms with Crippen LogP contribution in [-0.4, -0.2) is 25.0 Å². The van der Waals surface area contributed by atoms with Gasteiger partial charge >= 0.3 is 0 Å². The average Bonchev–Trinajstić information content (AvgIpc) is 2.64. The fourth-order valence-electron chi connectivity index (χ4n) is 1.88. The van der Waals surface area contributed by atoms with Crippen molar-refractivity contribution in [2.45, 2.75) is 13.0 Å². The van der Waals surface area contributed by atoms with E-state index >= 15 is 0 Å². The monoisotopic (exact) mass is 222 g/mol. The van der Waals surface area contributed by atoms with Gasteiger partial charge in [0.05, 0.1) is 0 Å². The van der Waals surface area contributed by atoms with Crippen LogP contribution >= 0.6 is 0 Å². The molecule has 1 fully saturated rings. The lowest BCUT2D eigenvalue weighted by Crippen LogP contribution is -2.39. The van der Waals surface area contributed by atoms with E-state index < -0.39 is 0 Å². The lowest BCUT2D eigenvalue weighted by atomic mass is 10.1. The zero-order chi connectivity index (χ0) is 11.5. The van der Waals surface area contributed by atoms with Crippen LogP contribution in [0.2, 0.25) is 0 Å².